The Kier molecular flexibility index (Phi) is 18.2. The van der Waals surface area contributed by atoms with Crippen LogP contribution in [-0.4, -0.2) is 90.3 Å². The van der Waals surface area contributed by atoms with Gasteiger partial charge in [-0.15, -0.1) is 0 Å². The van der Waals surface area contributed by atoms with Gasteiger partial charge in [0.1, 0.15) is 0 Å². The zero-order chi connectivity index (χ0) is 42.3. The van der Waals surface area contributed by atoms with E-state index >= 15 is 8.78 Å². The summed E-state index contributed by atoms with van der Waals surface area (Å²) in [7, 11) is -11.1. The van der Waals surface area contributed by atoms with Gasteiger partial charge in [-0.05, 0) is 69.2 Å². The van der Waals surface area contributed by atoms with Crippen LogP contribution in [0.3, 0.4) is 0 Å². The van der Waals surface area contributed by atoms with Crippen LogP contribution < -0.4 is 5.32 Å². The highest BCUT2D eigenvalue weighted by Gasteiger charge is 2.58. The largest absolute Gasteiger partial charge is 0.466 e. The fourth-order valence-corrected chi connectivity index (χ4v) is 8.48. The van der Waals surface area contributed by atoms with Gasteiger partial charge in [0.25, 0.3) is 11.0 Å². The van der Waals surface area contributed by atoms with Crippen molar-refractivity contribution in [2.24, 2.45) is 0 Å². The van der Waals surface area contributed by atoms with Crippen molar-refractivity contribution >= 4 is 38.9 Å². The summed E-state index contributed by atoms with van der Waals surface area (Å²) < 4.78 is 65.0. The molecule has 3 rings (SSSR count). The average Bonchev–Trinajstić information content (AvgIpc) is 3.50. The number of nitrogens with one attached hydrogen (secondary N) is 1. The zero-order valence-corrected chi connectivity index (χ0v) is 33.5. The summed E-state index contributed by atoms with van der Waals surface area (Å²) in [6.07, 6.45) is 3.48. The van der Waals surface area contributed by atoms with E-state index in [4.69, 9.17) is 9.47 Å². The number of aliphatic hydroxyl groups is 1. The average molecular weight is 845 g/mol. The van der Waals surface area contributed by atoms with Crippen LogP contribution in [0, 0.1) is 0 Å². The second-order valence-electron chi connectivity index (χ2n) is 13.7. The molecule has 1 heterocycles. The lowest BCUT2D eigenvalue weighted by molar-refractivity contribution is -0.167. The lowest BCUT2D eigenvalue weighted by atomic mass is 10.0. The van der Waals surface area contributed by atoms with E-state index in [9.17, 15) is 53.0 Å². The number of alkyl halides is 2. The Morgan fingerprint density at radius 2 is 1.54 bits per heavy atom. The van der Waals surface area contributed by atoms with E-state index in [0.29, 0.717) is 44.4 Å². The van der Waals surface area contributed by atoms with Crippen LogP contribution in [0.2, 0.25) is 0 Å². The van der Waals surface area contributed by atoms with Gasteiger partial charge >= 0.3 is 33.1 Å². The highest BCUT2D eigenvalue weighted by Crippen LogP contribution is 2.69. The Morgan fingerprint density at radius 1 is 0.912 bits per heavy atom. The number of esters is 2. The molecule has 0 aliphatic carbocycles. The second-order valence-corrected chi connectivity index (χ2v) is 17.8. The summed E-state index contributed by atoms with van der Waals surface area (Å²) in [4.78, 5) is 88.4. The van der Waals surface area contributed by atoms with Gasteiger partial charge in [0, 0.05) is 37.1 Å². The number of likely N-dealkylation sites (tertiary alicyclic amines) is 1. The molecule has 1 saturated heterocycles. The third-order valence-corrected chi connectivity index (χ3v) is 13.3. The van der Waals surface area contributed by atoms with Crippen LogP contribution in [0.5, 0.6) is 0 Å². The van der Waals surface area contributed by atoms with Crippen molar-refractivity contribution in [3.8, 4) is 0 Å². The second kappa shape index (κ2) is 21.8. The standard InChI is InChI=1S/C38H52F2N2O13P2/c1-2-54-34(44)15-9-3-4-12-26-42-31(21-23-33(42)43)20-22-32(38(39,40)30-13-7-5-8-14-30)55-35(45)27-28-16-18-29(19-17-28)36(46)41-25-11-6-10-24-37(47,56(48,49)50)57(51,52)53/h5,7-8,13-14,16-20,22,31-32,47H,2-4,6,9-12,15,21,23-27H2,1H3,(H,41,46)(H2,48,49,50)(H2,51,52,53)/b22-20+/t31-,32?/m0/s1. The van der Waals surface area contributed by atoms with Crippen LogP contribution in [-0.2, 0) is 45.3 Å². The number of hydrogen-bond acceptors (Lipinski definition) is 9. The highest BCUT2D eigenvalue weighted by atomic mass is 31.2. The van der Waals surface area contributed by atoms with Crippen LogP contribution in [0.1, 0.15) is 99.0 Å². The summed E-state index contributed by atoms with van der Waals surface area (Å²) in [6.45, 7) is 2.57. The Bertz CT molecular complexity index is 1750. The molecule has 2 aromatic rings. The Balaban J connectivity index is 1.56. The van der Waals surface area contributed by atoms with Crippen molar-refractivity contribution in [1.82, 2.24) is 10.2 Å². The highest BCUT2D eigenvalue weighted by molar-refractivity contribution is 7.72. The van der Waals surface area contributed by atoms with E-state index in [2.05, 4.69) is 5.32 Å². The smallest absolute Gasteiger partial charge is 0.369 e. The number of carbonyl (C=O) groups excluding carboxylic acids is 4. The minimum atomic E-state index is -5.55. The number of unbranched alkanes of at least 4 members (excludes halogenated alkanes) is 5. The van der Waals surface area contributed by atoms with Crippen LogP contribution >= 0.6 is 15.2 Å². The fraction of sp³-hybridized carbons (Fsp3) is 0.526. The molecule has 15 nitrogen and oxygen atoms in total. The first kappa shape index (κ1) is 47.6. The van der Waals surface area contributed by atoms with Gasteiger partial charge in [0.2, 0.25) is 5.91 Å². The minimum absolute atomic E-state index is 0.0903. The number of benzene rings is 2. The van der Waals surface area contributed by atoms with E-state index in [1.165, 1.54) is 54.6 Å². The SMILES string of the molecule is CCOC(=O)CCCCCCN1C(=O)CC[C@@H]1/C=C/C(OC(=O)Cc1ccc(C(=O)NCCCCCC(O)(P(=O)(O)O)P(=O)(O)O)cc1)C(F)(F)c1ccccc1. The lowest BCUT2D eigenvalue weighted by Gasteiger charge is -2.29. The number of nitrogens with zero attached hydrogens (tertiary/aromatic N) is 1. The number of halogens is 2. The van der Waals surface area contributed by atoms with E-state index < -0.39 is 63.1 Å². The molecule has 1 unspecified atom stereocenters. The third kappa shape index (κ3) is 14.2. The van der Waals surface area contributed by atoms with Gasteiger partial charge in [-0.25, -0.2) is 0 Å². The first-order valence-corrected chi connectivity index (χ1v) is 22.0. The molecule has 1 aliphatic heterocycles. The Morgan fingerprint density at radius 3 is 2.18 bits per heavy atom. The molecule has 0 aromatic heterocycles. The molecule has 0 spiro atoms. The number of rotatable bonds is 24. The first-order valence-electron chi connectivity index (χ1n) is 18.8. The number of carbonyl (C=O) groups is 4. The molecule has 57 heavy (non-hydrogen) atoms. The molecule has 316 valence electrons. The summed E-state index contributed by atoms with van der Waals surface area (Å²) in [5.41, 5.74) is 0.210. The van der Waals surface area contributed by atoms with Crippen molar-refractivity contribution in [2.45, 2.75) is 107 Å². The molecule has 1 aliphatic rings. The fourth-order valence-electron chi connectivity index (χ4n) is 6.23. The van der Waals surface area contributed by atoms with Crippen LogP contribution in [0.25, 0.3) is 0 Å². The summed E-state index contributed by atoms with van der Waals surface area (Å²) >= 11 is 0. The van der Waals surface area contributed by atoms with Gasteiger partial charge in [0.15, 0.2) is 6.10 Å². The van der Waals surface area contributed by atoms with Crippen molar-refractivity contribution < 1.29 is 71.2 Å². The number of hydrogen-bond donors (Lipinski definition) is 6. The van der Waals surface area contributed by atoms with Gasteiger partial charge < -0.3 is 44.4 Å². The number of ether oxygens (including phenoxy) is 2. The molecule has 0 saturated carbocycles. The summed E-state index contributed by atoms with van der Waals surface area (Å²) in [5, 5.41) is 9.06. The summed E-state index contributed by atoms with van der Waals surface area (Å²) in [5.74, 6) is -5.44. The number of amides is 2. The predicted molar refractivity (Wildman–Crippen MR) is 204 cm³/mol. The molecule has 6 N–H and O–H groups in total. The molecule has 19 heteroatoms. The molecule has 0 radical (unpaired) electrons. The van der Waals surface area contributed by atoms with Crippen molar-refractivity contribution in [3.63, 3.8) is 0 Å². The van der Waals surface area contributed by atoms with Crippen molar-refractivity contribution in [2.75, 3.05) is 19.7 Å². The summed E-state index contributed by atoms with van der Waals surface area (Å²) in [6, 6.07) is 12.2. The molecule has 0 bridgehead atoms. The van der Waals surface area contributed by atoms with Crippen LogP contribution in [0.4, 0.5) is 8.78 Å². The predicted octanol–water partition coefficient (Wildman–Crippen LogP) is 5.29. The molecule has 2 atom stereocenters. The van der Waals surface area contributed by atoms with Crippen molar-refractivity contribution in [3.05, 3.63) is 83.4 Å². The van der Waals surface area contributed by atoms with Gasteiger partial charge in [0.05, 0.1) is 19.1 Å². The third-order valence-electron chi connectivity index (χ3n) is 9.46. The Hall–Kier alpha value is -3.82. The maximum Gasteiger partial charge on any atom is 0.369 e. The molecule has 2 aromatic carbocycles. The first-order chi connectivity index (χ1) is 26.8. The molecular weight excluding hydrogens is 792 g/mol. The van der Waals surface area contributed by atoms with E-state index in [-0.39, 0.29) is 55.2 Å². The van der Waals surface area contributed by atoms with Crippen molar-refractivity contribution in [1.29, 1.82) is 0 Å². The molecule has 2 amide bonds. The van der Waals surface area contributed by atoms with E-state index in [0.717, 1.165) is 18.9 Å². The zero-order valence-electron chi connectivity index (χ0n) is 31.7. The van der Waals surface area contributed by atoms with Gasteiger partial charge in [-0.2, -0.15) is 8.78 Å². The van der Waals surface area contributed by atoms with Crippen LogP contribution in [0.15, 0.2) is 66.7 Å². The topological polar surface area (TPSA) is 237 Å². The quantitative estimate of drug-likeness (QED) is 0.0342. The normalized spacial score (nSPS) is 15.8. The maximum absolute atomic E-state index is 15.9. The van der Waals surface area contributed by atoms with E-state index in [1.807, 2.05) is 0 Å². The minimum Gasteiger partial charge on any atom is -0.466 e. The molecular formula is C38H52F2N2O13P2. The molecule has 1 fully saturated rings. The monoisotopic (exact) mass is 844 g/mol. The Labute approximate surface area is 330 Å². The van der Waals surface area contributed by atoms with Gasteiger partial charge in [-0.3, -0.25) is 28.3 Å². The van der Waals surface area contributed by atoms with E-state index in [1.54, 1.807) is 17.9 Å². The maximum atomic E-state index is 15.9. The van der Waals surface area contributed by atoms with Gasteiger partial charge in [-0.1, -0.05) is 67.8 Å². The lowest BCUT2D eigenvalue weighted by Crippen LogP contribution is -2.36.